The minimum atomic E-state index is -2.91. The van der Waals surface area contributed by atoms with Crippen LogP contribution in [0.5, 0.6) is 0 Å². The van der Waals surface area contributed by atoms with E-state index in [1.54, 1.807) is 0 Å². The number of rotatable bonds is 2. The molecule has 1 heterocycles. The van der Waals surface area contributed by atoms with Crippen molar-refractivity contribution in [3.8, 4) is 0 Å². The van der Waals surface area contributed by atoms with Crippen molar-refractivity contribution in [1.82, 2.24) is 5.32 Å². The Hall–Kier alpha value is -0.130. The molecule has 1 aliphatic rings. The Kier molecular flexibility index (Phi) is 2.86. The van der Waals surface area contributed by atoms with Gasteiger partial charge < -0.3 is 10.4 Å². The van der Waals surface area contributed by atoms with Crippen molar-refractivity contribution in [3.63, 3.8) is 0 Å². The predicted molar refractivity (Wildman–Crippen MR) is 42.1 cm³/mol. The molecule has 4 nitrogen and oxygen atoms in total. The highest BCUT2D eigenvalue weighted by Gasteiger charge is 2.27. The molecule has 5 heteroatoms. The second-order valence-corrected chi connectivity index (χ2v) is 5.11. The number of aliphatic hydroxyl groups excluding tert-OH is 1. The van der Waals surface area contributed by atoms with Crippen LogP contribution in [0.25, 0.3) is 0 Å². The summed E-state index contributed by atoms with van der Waals surface area (Å²) in [6, 6.07) is 0. The monoisotopic (exact) mass is 179 g/mol. The van der Waals surface area contributed by atoms with Gasteiger partial charge in [0, 0.05) is 19.7 Å². The van der Waals surface area contributed by atoms with Crippen LogP contribution in [0.2, 0.25) is 0 Å². The molecule has 2 N–H and O–H groups in total. The van der Waals surface area contributed by atoms with Crippen LogP contribution in [0.15, 0.2) is 0 Å². The third-order valence-electron chi connectivity index (χ3n) is 1.89. The van der Waals surface area contributed by atoms with Gasteiger partial charge in [0.2, 0.25) is 0 Å². The predicted octanol–water partition coefficient (Wildman–Crippen LogP) is -1.24. The minimum absolute atomic E-state index is 0.0500. The van der Waals surface area contributed by atoms with Crippen molar-refractivity contribution in [2.24, 2.45) is 0 Å². The molecule has 1 fully saturated rings. The van der Waals surface area contributed by atoms with E-state index in [4.69, 9.17) is 5.11 Å². The van der Waals surface area contributed by atoms with E-state index in [9.17, 15) is 8.42 Å². The maximum Gasteiger partial charge on any atom is 0.155 e. The van der Waals surface area contributed by atoms with E-state index in [1.165, 1.54) is 0 Å². The molecule has 11 heavy (non-hydrogen) atoms. The molecular formula is C6H13NO3S. The van der Waals surface area contributed by atoms with E-state index in [1.807, 2.05) is 0 Å². The molecule has 1 aliphatic heterocycles. The summed E-state index contributed by atoms with van der Waals surface area (Å²) in [6.07, 6.45) is 0.356. The van der Waals surface area contributed by atoms with Crippen molar-refractivity contribution in [2.75, 3.05) is 25.4 Å². The zero-order valence-corrected chi connectivity index (χ0v) is 7.10. The van der Waals surface area contributed by atoms with Gasteiger partial charge in [0.05, 0.1) is 11.0 Å². The summed E-state index contributed by atoms with van der Waals surface area (Å²) in [6.45, 7) is 0.985. The Morgan fingerprint density at radius 1 is 1.55 bits per heavy atom. The molecule has 0 aliphatic carbocycles. The van der Waals surface area contributed by atoms with Gasteiger partial charge in [-0.25, -0.2) is 8.42 Å². The van der Waals surface area contributed by atoms with Crippen molar-refractivity contribution < 1.29 is 13.5 Å². The SMILES string of the molecule is O=S1(=O)CCNCC1CCO. The maximum absolute atomic E-state index is 11.2. The summed E-state index contributed by atoms with van der Waals surface area (Å²) in [7, 11) is -2.91. The molecule has 0 saturated carbocycles. The third kappa shape index (κ3) is 2.15. The van der Waals surface area contributed by atoms with Crippen molar-refractivity contribution in [3.05, 3.63) is 0 Å². The van der Waals surface area contributed by atoms with Crippen molar-refractivity contribution in [1.29, 1.82) is 0 Å². The molecule has 0 aromatic carbocycles. The molecule has 0 radical (unpaired) electrons. The van der Waals surface area contributed by atoms with Gasteiger partial charge in [0.25, 0.3) is 0 Å². The van der Waals surface area contributed by atoms with Gasteiger partial charge in [-0.15, -0.1) is 0 Å². The first-order valence-corrected chi connectivity index (χ1v) is 5.41. The van der Waals surface area contributed by atoms with E-state index >= 15 is 0 Å². The van der Waals surface area contributed by atoms with E-state index in [0.717, 1.165) is 0 Å². The molecule has 0 aromatic heterocycles. The summed E-state index contributed by atoms with van der Waals surface area (Å²) in [4.78, 5) is 0. The molecular weight excluding hydrogens is 166 g/mol. The van der Waals surface area contributed by atoms with E-state index < -0.39 is 9.84 Å². The Morgan fingerprint density at radius 2 is 2.27 bits per heavy atom. The first kappa shape index (κ1) is 8.96. The van der Waals surface area contributed by atoms with E-state index in [0.29, 0.717) is 19.5 Å². The quantitative estimate of drug-likeness (QED) is 0.556. The lowest BCUT2D eigenvalue weighted by Gasteiger charge is -2.22. The minimum Gasteiger partial charge on any atom is -0.396 e. The molecule has 0 bridgehead atoms. The fourth-order valence-electron chi connectivity index (χ4n) is 1.20. The first-order valence-electron chi connectivity index (χ1n) is 3.70. The topological polar surface area (TPSA) is 66.4 Å². The van der Waals surface area contributed by atoms with Crippen LogP contribution in [-0.4, -0.2) is 44.2 Å². The van der Waals surface area contributed by atoms with Gasteiger partial charge in [0.15, 0.2) is 9.84 Å². The molecule has 1 rings (SSSR count). The molecule has 1 unspecified atom stereocenters. The molecule has 1 atom stereocenters. The van der Waals surface area contributed by atoms with Crippen LogP contribution in [0.4, 0.5) is 0 Å². The number of hydrogen-bond donors (Lipinski definition) is 2. The van der Waals surface area contributed by atoms with Gasteiger partial charge in [-0.05, 0) is 6.42 Å². The van der Waals surface area contributed by atoms with E-state index in [-0.39, 0.29) is 17.6 Å². The lowest BCUT2D eigenvalue weighted by molar-refractivity contribution is 0.283. The molecule has 0 amide bonds. The van der Waals surface area contributed by atoms with E-state index in [2.05, 4.69) is 5.32 Å². The van der Waals surface area contributed by atoms with Crippen LogP contribution in [0.3, 0.4) is 0 Å². The van der Waals surface area contributed by atoms with Crippen LogP contribution < -0.4 is 5.32 Å². The van der Waals surface area contributed by atoms with Crippen LogP contribution in [-0.2, 0) is 9.84 Å². The standard InChI is InChI=1S/C6H13NO3S/c8-3-1-6-5-7-2-4-11(6,9)10/h6-8H,1-5H2. The fourth-order valence-corrected chi connectivity index (χ4v) is 2.80. The zero-order valence-electron chi connectivity index (χ0n) is 6.28. The average Bonchev–Trinajstić information content (AvgIpc) is 1.94. The van der Waals surface area contributed by atoms with Crippen molar-refractivity contribution >= 4 is 9.84 Å². The summed E-state index contributed by atoms with van der Waals surface area (Å²) < 4.78 is 22.4. The first-order chi connectivity index (χ1) is 5.17. The normalized spacial score (nSPS) is 30.1. The summed E-state index contributed by atoms with van der Waals surface area (Å²) in [5, 5.41) is 11.2. The summed E-state index contributed by atoms with van der Waals surface area (Å²) in [5.41, 5.74) is 0. The second kappa shape index (κ2) is 3.51. The number of nitrogens with one attached hydrogen (secondary N) is 1. The maximum atomic E-state index is 11.2. The fraction of sp³-hybridized carbons (Fsp3) is 1.00. The lowest BCUT2D eigenvalue weighted by Crippen LogP contribution is -2.44. The van der Waals surface area contributed by atoms with Gasteiger partial charge in [-0.3, -0.25) is 0 Å². The highest BCUT2D eigenvalue weighted by molar-refractivity contribution is 7.92. The number of hydrogen-bond acceptors (Lipinski definition) is 4. The smallest absolute Gasteiger partial charge is 0.155 e. The highest BCUT2D eigenvalue weighted by Crippen LogP contribution is 2.08. The number of aliphatic hydroxyl groups is 1. The Morgan fingerprint density at radius 3 is 2.82 bits per heavy atom. The average molecular weight is 179 g/mol. The van der Waals surface area contributed by atoms with Crippen LogP contribution in [0.1, 0.15) is 6.42 Å². The van der Waals surface area contributed by atoms with Gasteiger partial charge in [-0.1, -0.05) is 0 Å². The largest absolute Gasteiger partial charge is 0.396 e. The zero-order chi connectivity index (χ0) is 8.32. The third-order valence-corrected chi connectivity index (χ3v) is 4.09. The Bertz CT molecular complexity index is 210. The molecule has 66 valence electrons. The molecule has 0 aromatic rings. The summed E-state index contributed by atoms with van der Waals surface area (Å²) >= 11 is 0. The number of sulfone groups is 1. The molecule has 0 spiro atoms. The summed E-state index contributed by atoms with van der Waals surface area (Å²) in [5.74, 6) is 0.206. The highest BCUT2D eigenvalue weighted by atomic mass is 32.2. The van der Waals surface area contributed by atoms with Crippen molar-refractivity contribution in [2.45, 2.75) is 11.7 Å². The van der Waals surface area contributed by atoms with Gasteiger partial charge in [0.1, 0.15) is 0 Å². The van der Waals surface area contributed by atoms with Gasteiger partial charge >= 0.3 is 0 Å². The lowest BCUT2D eigenvalue weighted by atomic mass is 10.3. The Balaban J connectivity index is 2.60. The van der Waals surface area contributed by atoms with Gasteiger partial charge in [-0.2, -0.15) is 0 Å². The van der Waals surface area contributed by atoms with Crippen LogP contribution >= 0.6 is 0 Å². The Labute approximate surface area is 66.5 Å². The molecule has 1 saturated heterocycles. The second-order valence-electron chi connectivity index (χ2n) is 2.71. The van der Waals surface area contributed by atoms with Crippen LogP contribution in [0, 0.1) is 0 Å².